The highest BCUT2D eigenvalue weighted by atomic mass is 79.9. The first kappa shape index (κ1) is 12.1. The molecule has 16 heavy (non-hydrogen) atoms. The second-order valence-electron chi connectivity index (χ2n) is 3.51. The van der Waals surface area contributed by atoms with E-state index in [1.807, 2.05) is 13.0 Å². The van der Waals surface area contributed by atoms with Gasteiger partial charge in [0.2, 0.25) is 0 Å². The fourth-order valence-electron chi connectivity index (χ4n) is 1.48. The topological polar surface area (TPSA) is 38.1 Å². The standard InChI is InChI=1S/C10H10BrClN2OS/c1-5-3-7(16-10(5)11)9(15)8-6(12)4-13-14(8)2/h3-4,9,15H,1-2H3. The quantitative estimate of drug-likeness (QED) is 0.921. The number of aliphatic hydroxyl groups excluding tert-OH is 1. The molecule has 1 N–H and O–H groups in total. The van der Waals surface area contributed by atoms with Gasteiger partial charge < -0.3 is 5.11 Å². The number of nitrogens with zero attached hydrogens (tertiary/aromatic N) is 2. The minimum atomic E-state index is -0.727. The van der Waals surface area contributed by atoms with E-state index in [1.54, 1.807) is 11.7 Å². The Morgan fingerprint density at radius 3 is 2.75 bits per heavy atom. The Labute approximate surface area is 111 Å². The fraction of sp³-hybridized carbons (Fsp3) is 0.300. The molecule has 0 aliphatic rings. The maximum Gasteiger partial charge on any atom is 0.131 e. The number of rotatable bonds is 2. The number of aromatic nitrogens is 2. The summed E-state index contributed by atoms with van der Waals surface area (Å²) in [6.45, 7) is 1.99. The molecule has 0 spiro atoms. The van der Waals surface area contributed by atoms with E-state index < -0.39 is 6.10 Å². The monoisotopic (exact) mass is 320 g/mol. The summed E-state index contributed by atoms with van der Waals surface area (Å²) < 4.78 is 2.62. The third-order valence-electron chi connectivity index (χ3n) is 2.34. The Morgan fingerprint density at radius 1 is 1.62 bits per heavy atom. The molecule has 2 aromatic heterocycles. The number of thiophene rings is 1. The Hall–Kier alpha value is -0.360. The predicted octanol–water partition coefficient (Wildman–Crippen LogP) is 3.29. The van der Waals surface area contributed by atoms with Crippen LogP contribution in [0.3, 0.4) is 0 Å². The molecule has 0 fully saturated rings. The number of aryl methyl sites for hydroxylation is 2. The summed E-state index contributed by atoms with van der Waals surface area (Å²) in [5.41, 5.74) is 1.73. The zero-order chi connectivity index (χ0) is 11.9. The molecule has 2 heterocycles. The van der Waals surface area contributed by atoms with Gasteiger partial charge in [-0.2, -0.15) is 5.10 Å². The minimum absolute atomic E-state index is 0.483. The van der Waals surface area contributed by atoms with Gasteiger partial charge in [0, 0.05) is 11.9 Å². The Kier molecular flexibility index (Phi) is 3.39. The highest BCUT2D eigenvalue weighted by Gasteiger charge is 2.20. The van der Waals surface area contributed by atoms with E-state index in [2.05, 4.69) is 21.0 Å². The van der Waals surface area contributed by atoms with Crippen molar-refractivity contribution in [1.82, 2.24) is 9.78 Å². The number of halogens is 2. The van der Waals surface area contributed by atoms with E-state index in [0.717, 1.165) is 14.2 Å². The molecule has 0 saturated heterocycles. The van der Waals surface area contributed by atoms with Crippen molar-refractivity contribution in [1.29, 1.82) is 0 Å². The van der Waals surface area contributed by atoms with Crippen molar-refractivity contribution in [2.75, 3.05) is 0 Å². The van der Waals surface area contributed by atoms with Crippen LogP contribution in [0.1, 0.15) is 22.2 Å². The lowest BCUT2D eigenvalue weighted by molar-refractivity contribution is 0.213. The second-order valence-corrected chi connectivity index (χ2v) is 6.32. The van der Waals surface area contributed by atoms with Gasteiger partial charge in [0.25, 0.3) is 0 Å². The number of hydrogen-bond acceptors (Lipinski definition) is 3. The Morgan fingerprint density at radius 2 is 2.31 bits per heavy atom. The van der Waals surface area contributed by atoms with Crippen molar-refractivity contribution in [2.24, 2.45) is 7.05 Å². The van der Waals surface area contributed by atoms with Gasteiger partial charge in [-0.3, -0.25) is 4.68 Å². The SMILES string of the molecule is Cc1cc(C(O)c2c(Cl)cnn2C)sc1Br. The molecule has 0 aromatic carbocycles. The first-order valence-electron chi connectivity index (χ1n) is 4.62. The third kappa shape index (κ3) is 2.05. The van der Waals surface area contributed by atoms with E-state index >= 15 is 0 Å². The van der Waals surface area contributed by atoms with E-state index in [-0.39, 0.29) is 0 Å². The van der Waals surface area contributed by atoms with Crippen molar-refractivity contribution < 1.29 is 5.11 Å². The predicted molar refractivity (Wildman–Crippen MR) is 69.0 cm³/mol. The van der Waals surface area contributed by atoms with Crippen LogP contribution in [0.4, 0.5) is 0 Å². The summed E-state index contributed by atoms with van der Waals surface area (Å²) in [6, 6.07) is 1.95. The summed E-state index contributed by atoms with van der Waals surface area (Å²) in [4.78, 5) is 0.856. The van der Waals surface area contributed by atoms with E-state index in [9.17, 15) is 5.11 Å². The molecule has 2 rings (SSSR count). The molecule has 0 aliphatic carbocycles. The lowest BCUT2D eigenvalue weighted by Crippen LogP contribution is -2.05. The number of hydrogen-bond donors (Lipinski definition) is 1. The molecule has 0 amide bonds. The lowest BCUT2D eigenvalue weighted by Gasteiger charge is -2.09. The molecule has 0 aliphatic heterocycles. The van der Waals surface area contributed by atoms with Crippen LogP contribution in [0.15, 0.2) is 16.0 Å². The average molecular weight is 322 g/mol. The van der Waals surface area contributed by atoms with Crippen LogP contribution in [-0.2, 0) is 7.05 Å². The van der Waals surface area contributed by atoms with Crippen LogP contribution in [0.25, 0.3) is 0 Å². The van der Waals surface area contributed by atoms with E-state index in [1.165, 1.54) is 17.5 Å². The maximum atomic E-state index is 10.2. The van der Waals surface area contributed by atoms with Gasteiger partial charge in [0.05, 0.1) is 20.7 Å². The van der Waals surface area contributed by atoms with E-state index in [0.29, 0.717) is 10.7 Å². The molecule has 0 saturated carbocycles. The third-order valence-corrected chi connectivity index (χ3v) is 4.82. The second kappa shape index (κ2) is 4.49. The first-order valence-corrected chi connectivity index (χ1v) is 6.60. The smallest absolute Gasteiger partial charge is 0.131 e. The normalized spacial score (nSPS) is 13.1. The highest BCUT2D eigenvalue weighted by molar-refractivity contribution is 9.11. The van der Waals surface area contributed by atoms with Crippen LogP contribution < -0.4 is 0 Å². The van der Waals surface area contributed by atoms with Gasteiger partial charge >= 0.3 is 0 Å². The summed E-state index contributed by atoms with van der Waals surface area (Å²) in [6.07, 6.45) is 0.810. The molecular weight excluding hydrogens is 312 g/mol. The van der Waals surface area contributed by atoms with Crippen molar-refractivity contribution in [3.05, 3.63) is 37.2 Å². The molecule has 3 nitrogen and oxygen atoms in total. The van der Waals surface area contributed by atoms with Crippen molar-refractivity contribution >= 4 is 38.9 Å². The lowest BCUT2D eigenvalue weighted by atomic mass is 10.2. The molecule has 0 bridgehead atoms. The first-order chi connectivity index (χ1) is 7.50. The van der Waals surface area contributed by atoms with Crippen molar-refractivity contribution in [3.8, 4) is 0 Å². The molecule has 1 atom stereocenters. The van der Waals surface area contributed by atoms with Gasteiger partial charge in [0.1, 0.15) is 6.10 Å². The summed E-state index contributed by atoms with van der Waals surface area (Å²) in [7, 11) is 1.76. The van der Waals surface area contributed by atoms with Gasteiger partial charge in [0.15, 0.2) is 0 Å². The zero-order valence-electron chi connectivity index (χ0n) is 8.74. The van der Waals surface area contributed by atoms with E-state index in [4.69, 9.17) is 11.6 Å². The Bertz CT molecular complexity index is 484. The largest absolute Gasteiger partial charge is 0.381 e. The molecular formula is C10H10BrClN2OS. The van der Waals surface area contributed by atoms with Crippen LogP contribution in [0.2, 0.25) is 5.02 Å². The molecule has 0 radical (unpaired) electrons. The Balaban J connectivity index is 2.42. The van der Waals surface area contributed by atoms with Gasteiger partial charge in [-0.05, 0) is 34.5 Å². The zero-order valence-corrected chi connectivity index (χ0v) is 11.9. The number of aliphatic hydroxyl groups is 1. The molecule has 6 heteroatoms. The maximum absolute atomic E-state index is 10.2. The summed E-state index contributed by atoms with van der Waals surface area (Å²) >= 11 is 10.9. The van der Waals surface area contributed by atoms with Gasteiger partial charge in [-0.1, -0.05) is 11.6 Å². The molecule has 1 unspecified atom stereocenters. The minimum Gasteiger partial charge on any atom is -0.381 e. The van der Waals surface area contributed by atoms with Crippen LogP contribution in [0.5, 0.6) is 0 Å². The molecule has 2 aromatic rings. The van der Waals surface area contributed by atoms with Crippen molar-refractivity contribution in [3.63, 3.8) is 0 Å². The fourth-order valence-corrected chi connectivity index (χ4v) is 3.31. The van der Waals surface area contributed by atoms with Crippen molar-refractivity contribution in [2.45, 2.75) is 13.0 Å². The van der Waals surface area contributed by atoms with Gasteiger partial charge in [-0.15, -0.1) is 11.3 Å². The van der Waals surface area contributed by atoms with Crippen LogP contribution in [0, 0.1) is 6.92 Å². The molecule has 86 valence electrons. The average Bonchev–Trinajstić information content (AvgIpc) is 2.72. The van der Waals surface area contributed by atoms with Crippen LogP contribution in [-0.4, -0.2) is 14.9 Å². The van der Waals surface area contributed by atoms with Gasteiger partial charge in [-0.25, -0.2) is 0 Å². The van der Waals surface area contributed by atoms with Crippen LogP contribution >= 0.6 is 38.9 Å². The summed E-state index contributed by atoms with van der Waals surface area (Å²) in [5.74, 6) is 0. The summed E-state index contributed by atoms with van der Waals surface area (Å²) in [5, 5.41) is 14.7. The highest BCUT2D eigenvalue weighted by Crippen LogP contribution is 2.36.